The van der Waals surface area contributed by atoms with Crippen LogP contribution in [0.4, 0.5) is 5.82 Å². The predicted molar refractivity (Wildman–Crippen MR) is 117 cm³/mol. The van der Waals surface area contributed by atoms with Crippen LogP contribution in [0.1, 0.15) is 23.7 Å². The summed E-state index contributed by atoms with van der Waals surface area (Å²) < 4.78 is 5.62. The standard InChI is InChI=1S/C22H28N6O/c1-5-23-22(25-13-17-10-11-24-20(12-17)28(3)4)26-14-19-15-29-21(27-19)18-8-6-16(2)7-9-18/h6-12,15H,5,13-14H2,1-4H3,(H2,23,25,26). The summed E-state index contributed by atoms with van der Waals surface area (Å²) >= 11 is 0. The van der Waals surface area contributed by atoms with Crippen LogP contribution in [0.2, 0.25) is 0 Å². The summed E-state index contributed by atoms with van der Waals surface area (Å²) in [6.45, 7) is 5.97. The van der Waals surface area contributed by atoms with E-state index >= 15 is 0 Å². The Bertz CT molecular complexity index is 946. The first-order valence-corrected chi connectivity index (χ1v) is 9.71. The molecular weight excluding hydrogens is 364 g/mol. The number of pyridine rings is 1. The second-order valence-corrected chi connectivity index (χ2v) is 6.98. The molecule has 7 nitrogen and oxygen atoms in total. The van der Waals surface area contributed by atoms with Crippen molar-refractivity contribution in [2.24, 2.45) is 4.99 Å². The Kier molecular flexibility index (Phi) is 6.84. The van der Waals surface area contributed by atoms with Crippen molar-refractivity contribution in [3.8, 4) is 11.5 Å². The van der Waals surface area contributed by atoms with Crippen molar-refractivity contribution in [2.45, 2.75) is 26.9 Å². The first-order valence-electron chi connectivity index (χ1n) is 9.71. The Morgan fingerprint density at radius 3 is 2.66 bits per heavy atom. The lowest BCUT2D eigenvalue weighted by molar-refractivity contribution is 0.572. The van der Waals surface area contributed by atoms with Gasteiger partial charge in [-0.1, -0.05) is 17.7 Å². The molecule has 0 aliphatic carbocycles. The molecule has 7 heteroatoms. The van der Waals surface area contributed by atoms with Crippen LogP contribution < -0.4 is 15.5 Å². The van der Waals surface area contributed by atoms with Crippen LogP contribution >= 0.6 is 0 Å². The van der Waals surface area contributed by atoms with Gasteiger partial charge in [0.05, 0.1) is 18.8 Å². The Morgan fingerprint density at radius 1 is 1.14 bits per heavy atom. The lowest BCUT2D eigenvalue weighted by atomic mass is 10.1. The van der Waals surface area contributed by atoms with Crippen molar-refractivity contribution < 1.29 is 4.42 Å². The third-order valence-electron chi connectivity index (χ3n) is 4.32. The number of benzene rings is 1. The number of nitrogens with zero attached hydrogens (tertiary/aromatic N) is 4. The fourth-order valence-corrected chi connectivity index (χ4v) is 2.71. The quantitative estimate of drug-likeness (QED) is 0.474. The molecule has 3 rings (SSSR count). The maximum atomic E-state index is 5.62. The van der Waals surface area contributed by atoms with Crippen LogP contribution in [0.15, 0.2) is 58.3 Å². The molecule has 0 saturated carbocycles. The minimum absolute atomic E-state index is 0.528. The summed E-state index contributed by atoms with van der Waals surface area (Å²) in [5.74, 6) is 2.27. The normalized spacial score (nSPS) is 11.4. The Labute approximate surface area is 171 Å². The molecule has 0 bridgehead atoms. The van der Waals surface area contributed by atoms with Crippen molar-refractivity contribution in [3.05, 3.63) is 65.7 Å². The summed E-state index contributed by atoms with van der Waals surface area (Å²) in [6, 6.07) is 12.1. The number of aliphatic imine (C=N–C) groups is 1. The minimum Gasteiger partial charge on any atom is -0.444 e. The molecule has 0 fully saturated rings. The molecule has 0 aliphatic rings. The molecule has 2 aromatic heterocycles. The zero-order valence-corrected chi connectivity index (χ0v) is 17.4. The molecule has 0 radical (unpaired) electrons. The molecule has 152 valence electrons. The third kappa shape index (κ3) is 5.81. The van der Waals surface area contributed by atoms with Gasteiger partial charge in [-0.2, -0.15) is 0 Å². The van der Waals surface area contributed by atoms with Gasteiger partial charge in [0, 0.05) is 32.4 Å². The number of hydrogen-bond donors (Lipinski definition) is 2. The molecular formula is C22H28N6O. The van der Waals surface area contributed by atoms with Gasteiger partial charge >= 0.3 is 0 Å². The molecule has 0 saturated heterocycles. The maximum absolute atomic E-state index is 5.62. The largest absolute Gasteiger partial charge is 0.444 e. The van der Waals surface area contributed by atoms with E-state index in [1.165, 1.54) is 5.56 Å². The van der Waals surface area contributed by atoms with Gasteiger partial charge in [-0.05, 0) is 43.7 Å². The molecule has 0 atom stereocenters. The van der Waals surface area contributed by atoms with E-state index in [0.29, 0.717) is 19.0 Å². The molecule has 2 heterocycles. The number of rotatable bonds is 7. The fourth-order valence-electron chi connectivity index (χ4n) is 2.71. The number of anilines is 1. The highest BCUT2D eigenvalue weighted by molar-refractivity contribution is 5.79. The van der Waals surface area contributed by atoms with Crippen molar-refractivity contribution in [1.29, 1.82) is 0 Å². The molecule has 0 unspecified atom stereocenters. The van der Waals surface area contributed by atoms with Crippen molar-refractivity contribution >= 4 is 11.8 Å². The summed E-state index contributed by atoms with van der Waals surface area (Å²) in [7, 11) is 3.95. The summed E-state index contributed by atoms with van der Waals surface area (Å²) in [6.07, 6.45) is 3.49. The monoisotopic (exact) mass is 392 g/mol. The molecule has 3 aromatic rings. The van der Waals surface area contributed by atoms with Crippen LogP contribution in [0.5, 0.6) is 0 Å². The Morgan fingerprint density at radius 2 is 1.93 bits per heavy atom. The van der Waals surface area contributed by atoms with E-state index < -0.39 is 0 Å². The number of aryl methyl sites for hydroxylation is 1. The zero-order chi connectivity index (χ0) is 20.6. The SMILES string of the molecule is CCNC(=NCc1ccnc(N(C)C)c1)NCc1coc(-c2ccc(C)cc2)n1. The van der Waals surface area contributed by atoms with Crippen molar-refractivity contribution in [2.75, 3.05) is 25.5 Å². The molecule has 1 aromatic carbocycles. The number of oxazole rings is 1. The van der Waals surface area contributed by atoms with E-state index in [9.17, 15) is 0 Å². The van der Waals surface area contributed by atoms with E-state index in [0.717, 1.165) is 35.1 Å². The first-order chi connectivity index (χ1) is 14.0. The highest BCUT2D eigenvalue weighted by Gasteiger charge is 2.07. The lowest BCUT2D eigenvalue weighted by Crippen LogP contribution is -2.36. The minimum atomic E-state index is 0.528. The van der Waals surface area contributed by atoms with Gasteiger partial charge < -0.3 is 20.0 Å². The first kappa shape index (κ1) is 20.4. The zero-order valence-electron chi connectivity index (χ0n) is 17.4. The van der Waals surface area contributed by atoms with Crippen LogP contribution in [0, 0.1) is 6.92 Å². The Balaban J connectivity index is 1.63. The summed E-state index contributed by atoms with van der Waals surface area (Å²) in [4.78, 5) is 15.5. The smallest absolute Gasteiger partial charge is 0.226 e. The topological polar surface area (TPSA) is 78.6 Å². The molecule has 0 amide bonds. The summed E-state index contributed by atoms with van der Waals surface area (Å²) in [5.41, 5.74) is 4.10. The van der Waals surface area contributed by atoms with Crippen LogP contribution in [0.25, 0.3) is 11.5 Å². The number of guanidine groups is 1. The van der Waals surface area contributed by atoms with Gasteiger partial charge in [-0.3, -0.25) is 0 Å². The van der Waals surface area contributed by atoms with Gasteiger partial charge in [-0.25, -0.2) is 15.0 Å². The highest BCUT2D eigenvalue weighted by atomic mass is 16.3. The third-order valence-corrected chi connectivity index (χ3v) is 4.32. The number of hydrogen-bond acceptors (Lipinski definition) is 5. The van der Waals surface area contributed by atoms with E-state index in [4.69, 9.17) is 4.42 Å². The number of nitrogens with one attached hydrogen (secondary N) is 2. The fraction of sp³-hybridized carbons (Fsp3) is 0.318. The molecule has 29 heavy (non-hydrogen) atoms. The van der Waals surface area contributed by atoms with Gasteiger partial charge in [0.2, 0.25) is 5.89 Å². The highest BCUT2D eigenvalue weighted by Crippen LogP contribution is 2.19. The van der Waals surface area contributed by atoms with Gasteiger partial charge in [0.15, 0.2) is 5.96 Å². The average Bonchev–Trinajstić information content (AvgIpc) is 3.20. The van der Waals surface area contributed by atoms with Crippen LogP contribution in [-0.2, 0) is 13.1 Å². The van der Waals surface area contributed by atoms with Crippen molar-refractivity contribution in [3.63, 3.8) is 0 Å². The average molecular weight is 393 g/mol. The van der Waals surface area contributed by atoms with E-state index in [1.807, 2.05) is 68.5 Å². The van der Waals surface area contributed by atoms with Gasteiger partial charge in [0.1, 0.15) is 12.1 Å². The second kappa shape index (κ2) is 9.73. The maximum Gasteiger partial charge on any atom is 0.226 e. The number of aromatic nitrogens is 2. The Hall–Kier alpha value is -3.35. The van der Waals surface area contributed by atoms with Gasteiger partial charge in [-0.15, -0.1) is 0 Å². The van der Waals surface area contributed by atoms with Crippen LogP contribution in [-0.4, -0.2) is 36.6 Å². The summed E-state index contributed by atoms with van der Waals surface area (Å²) in [5, 5.41) is 6.57. The molecule has 2 N–H and O–H groups in total. The van der Waals surface area contributed by atoms with E-state index in [1.54, 1.807) is 6.26 Å². The van der Waals surface area contributed by atoms with E-state index in [-0.39, 0.29) is 0 Å². The second-order valence-electron chi connectivity index (χ2n) is 6.98. The lowest BCUT2D eigenvalue weighted by Gasteiger charge is -2.12. The van der Waals surface area contributed by atoms with Crippen LogP contribution in [0.3, 0.4) is 0 Å². The van der Waals surface area contributed by atoms with Crippen molar-refractivity contribution in [1.82, 2.24) is 20.6 Å². The van der Waals surface area contributed by atoms with Gasteiger partial charge in [0.25, 0.3) is 0 Å². The molecule has 0 aliphatic heterocycles. The van der Waals surface area contributed by atoms with E-state index in [2.05, 4.69) is 32.5 Å². The molecule has 0 spiro atoms. The predicted octanol–water partition coefficient (Wildman–Crippen LogP) is 3.37.